The number of hydrogen-bond acceptors (Lipinski definition) is 4. The van der Waals surface area contributed by atoms with Crippen LogP contribution in [0.2, 0.25) is 0 Å². The molecule has 0 heterocycles. The van der Waals surface area contributed by atoms with Crippen molar-refractivity contribution < 1.29 is 9.53 Å². The van der Waals surface area contributed by atoms with Crippen LogP contribution in [0.1, 0.15) is 18.4 Å². The first-order valence-electron chi connectivity index (χ1n) is 5.73. The number of nitrogens with zero attached hydrogens (tertiary/aromatic N) is 1. The second-order valence-corrected chi connectivity index (χ2v) is 3.86. The molecule has 0 aliphatic rings. The summed E-state index contributed by atoms with van der Waals surface area (Å²) < 4.78 is 5.46. The van der Waals surface area contributed by atoms with Crippen molar-refractivity contribution >= 4 is 6.29 Å². The molecule has 0 aromatic heterocycles. The van der Waals surface area contributed by atoms with Gasteiger partial charge in [-0.05, 0) is 18.4 Å². The topological polar surface area (TPSA) is 55.7 Å². The maximum absolute atomic E-state index is 10.7. The summed E-state index contributed by atoms with van der Waals surface area (Å²) in [5.41, 5.74) is 1.12. The highest BCUT2D eigenvalue weighted by Gasteiger charge is 2.06. The van der Waals surface area contributed by atoms with Crippen LogP contribution in [-0.4, -0.2) is 19.4 Å². The fourth-order valence-electron chi connectivity index (χ4n) is 1.50. The van der Waals surface area contributed by atoms with Crippen molar-refractivity contribution in [2.75, 3.05) is 13.2 Å². The van der Waals surface area contributed by atoms with Crippen LogP contribution in [-0.2, 0) is 16.1 Å². The highest BCUT2D eigenvalue weighted by atomic mass is 16.5. The molecule has 0 saturated heterocycles. The molecule has 0 aliphatic carbocycles. The van der Waals surface area contributed by atoms with Crippen molar-refractivity contribution in [1.29, 1.82) is 0 Å². The zero-order valence-electron chi connectivity index (χ0n) is 9.75. The normalized spacial score (nSPS) is 12.0. The molecule has 17 heavy (non-hydrogen) atoms. The van der Waals surface area contributed by atoms with Crippen LogP contribution in [0.15, 0.2) is 35.5 Å². The van der Waals surface area contributed by atoms with E-state index in [2.05, 4.69) is 5.18 Å². The lowest BCUT2D eigenvalue weighted by atomic mass is 10.0. The fourth-order valence-corrected chi connectivity index (χ4v) is 1.50. The first kappa shape index (κ1) is 13.5. The number of carbonyl (C=O) groups is 1. The summed E-state index contributed by atoms with van der Waals surface area (Å²) in [6.45, 7) is 1.28. The molecule has 0 N–H and O–H groups in total. The van der Waals surface area contributed by atoms with Crippen molar-refractivity contribution in [3.8, 4) is 0 Å². The summed E-state index contributed by atoms with van der Waals surface area (Å²) in [4.78, 5) is 20.6. The van der Waals surface area contributed by atoms with Crippen molar-refractivity contribution in [3.63, 3.8) is 0 Å². The summed E-state index contributed by atoms with van der Waals surface area (Å²) in [7, 11) is 0. The number of carbonyl (C=O) groups excluding carboxylic acids is 1. The minimum absolute atomic E-state index is 0.122. The van der Waals surface area contributed by atoms with Crippen LogP contribution < -0.4 is 0 Å². The van der Waals surface area contributed by atoms with Gasteiger partial charge in [0, 0.05) is 12.5 Å². The third-order valence-electron chi connectivity index (χ3n) is 2.53. The number of nitroso groups, excluding NO2 is 1. The maximum Gasteiger partial charge on any atom is 0.123 e. The summed E-state index contributed by atoms with van der Waals surface area (Å²) >= 11 is 0. The van der Waals surface area contributed by atoms with Gasteiger partial charge < -0.3 is 9.53 Å². The Labute approximate surface area is 101 Å². The molecule has 4 heteroatoms. The largest absolute Gasteiger partial charge is 0.377 e. The maximum atomic E-state index is 10.7. The molecule has 0 bridgehead atoms. The molecular weight excluding hydrogens is 218 g/mol. The first-order valence-corrected chi connectivity index (χ1v) is 5.73. The molecule has 0 spiro atoms. The van der Waals surface area contributed by atoms with Crippen LogP contribution >= 0.6 is 0 Å². The zero-order chi connectivity index (χ0) is 12.3. The predicted molar refractivity (Wildman–Crippen MR) is 65.5 cm³/mol. The molecule has 1 rings (SSSR count). The number of ether oxygens (including phenoxy) is 1. The van der Waals surface area contributed by atoms with Crippen LogP contribution in [0.3, 0.4) is 0 Å². The third kappa shape index (κ3) is 5.92. The number of rotatable bonds is 9. The first-order chi connectivity index (χ1) is 8.36. The Morgan fingerprint density at radius 2 is 2.00 bits per heavy atom. The summed E-state index contributed by atoms with van der Waals surface area (Å²) in [5, 5.41) is 2.75. The van der Waals surface area contributed by atoms with Gasteiger partial charge in [-0.3, -0.25) is 0 Å². The molecule has 4 nitrogen and oxygen atoms in total. The monoisotopic (exact) mass is 235 g/mol. The lowest BCUT2D eigenvalue weighted by Crippen LogP contribution is -2.08. The second kappa shape index (κ2) is 8.58. The minimum Gasteiger partial charge on any atom is -0.377 e. The number of hydrogen-bond donors (Lipinski definition) is 0. The summed E-state index contributed by atoms with van der Waals surface area (Å²) in [6, 6.07) is 9.87. The Hall–Kier alpha value is -1.55. The molecule has 0 aliphatic heterocycles. The van der Waals surface area contributed by atoms with Gasteiger partial charge >= 0.3 is 0 Å². The third-order valence-corrected chi connectivity index (χ3v) is 2.53. The lowest BCUT2D eigenvalue weighted by Gasteiger charge is -2.08. The molecule has 0 radical (unpaired) electrons. The van der Waals surface area contributed by atoms with Gasteiger partial charge in [0.1, 0.15) is 6.29 Å². The van der Waals surface area contributed by atoms with E-state index < -0.39 is 0 Å². The van der Waals surface area contributed by atoms with Gasteiger partial charge in [-0.2, -0.15) is 4.91 Å². The standard InChI is InChI=1S/C13H17NO3/c15-10-12(6-8-14-16)7-9-17-11-13-4-2-1-3-5-13/h1-5,10,12H,6-9,11H2. The van der Waals surface area contributed by atoms with E-state index in [0.29, 0.717) is 26.1 Å². The molecule has 1 aromatic rings. The zero-order valence-corrected chi connectivity index (χ0v) is 9.75. The van der Waals surface area contributed by atoms with Gasteiger partial charge in [-0.1, -0.05) is 35.5 Å². The fraction of sp³-hybridized carbons (Fsp3) is 0.462. The average Bonchev–Trinajstić information content (AvgIpc) is 2.39. The van der Waals surface area contributed by atoms with Gasteiger partial charge in [0.2, 0.25) is 0 Å². The number of benzene rings is 1. The SMILES string of the molecule is O=CC(CCN=O)CCOCc1ccccc1. The quantitative estimate of drug-likeness (QED) is 0.375. The molecule has 1 aromatic carbocycles. The van der Waals surface area contributed by atoms with E-state index in [0.717, 1.165) is 11.8 Å². The Morgan fingerprint density at radius 3 is 2.65 bits per heavy atom. The van der Waals surface area contributed by atoms with Gasteiger partial charge in [0.15, 0.2) is 0 Å². The average molecular weight is 235 g/mol. The molecule has 1 atom stereocenters. The van der Waals surface area contributed by atoms with Crippen molar-refractivity contribution in [1.82, 2.24) is 0 Å². The van der Waals surface area contributed by atoms with Crippen molar-refractivity contribution in [2.45, 2.75) is 19.4 Å². The molecule has 0 amide bonds. The van der Waals surface area contributed by atoms with Crippen LogP contribution in [0.25, 0.3) is 0 Å². The van der Waals surface area contributed by atoms with Gasteiger partial charge in [0.25, 0.3) is 0 Å². The van der Waals surface area contributed by atoms with Gasteiger partial charge in [-0.15, -0.1) is 0 Å². The molecule has 0 saturated carbocycles. The van der Waals surface area contributed by atoms with Crippen LogP contribution in [0, 0.1) is 10.8 Å². The van der Waals surface area contributed by atoms with E-state index in [1.165, 1.54) is 0 Å². The van der Waals surface area contributed by atoms with E-state index in [1.807, 2.05) is 30.3 Å². The Balaban J connectivity index is 2.14. The Morgan fingerprint density at radius 1 is 1.24 bits per heavy atom. The Bertz CT molecular complexity index is 327. The van der Waals surface area contributed by atoms with E-state index in [9.17, 15) is 9.70 Å². The lowest BCUT2D eigenvalue weighted by molar-refractivity contribution is -0.111. The molecule has 92 valence electrons. The highest BCUT2D eigenvalue weighted by Crippen LogP contribution is 2.07. The van der Waals surface area contributed by atoms with Crippen LogP contribution in [0.5, 0.6) is 0 Å². The Kier molecular flexibility index (Phi) is 6.82. The summed E-state index contributed by atoms with van der Waals surface area (Å²) in [6.07, 6.45) is 2.03. The molecule has 1 unspecified atom stereocenters. The van der Waals surface area contributed by atoms with Crippen molar-refractivity contribution in [3.05, 3.63) is 40.8 Å². The minimum atomic E-state index is -0.122. The number of aldehydes is 1. The predicted octanol–water partition coefficient (Wildman–Crippen LogP) is 2.56. The summed E-state index contributed by atoms with van der Waals surface area (Å²) in [5.74, 6) is -0.122. The van der Waals surface area contributed by atoms with Gasteiger partial charge in [0.05, 0.1) is 13.2 Å². The molecular formula is C13H17NO3. The van der Waals surface area contributed by atoms with E-state index >= 15 is 0 Å². The second-order valence-electron chi connectivity index (χ2n) is 3.86. The van der Waals surface area contributed by atoms with Crippen LogP contribution in [0.4, 0.5) is 0 Å². The van der Waals surface area contributed by atoms with E-state index in [1.54, 1.807) is 0 Å². The van der Waals surface area contributed by atoms with E-state index in [4.69, 9.17) is 4.74 Å². The molecule has 0 fully saturated rings. The van der Waals surface area contributed by atoms with E-state index in [-0.39, 0.29) is 12.5 Å². The smallest absolute Gasteiger partial charge is 0.123 e. The highest BCUT2D eigenvalue weighted by molar-refractivity contribution is 5.53. The van der Waals surface area contributed by atoms with Gasteiger partial charge in [-0.25, -0.2) is 0 Å². The van der Waals surface area contributed by atoms with Crippen molar-refractivity contribution in [2.24, 2.45) is 11.1 Å².